The van der Waals surface area contributed by atoms with Crippen LogP contribution >= 0.6 is 35.2 Å². The van der Waals surface area contributed by atoms with Gasteiger partial charge in [0.2, 0.25) is 0 Å². The topological polar surface area (TPSA) is 70.2 Å². The predicted octanol–water partition coefficient (Wildman–Crippen LogP) is 6.24. The fourth-order valence-corrected chi connectivity index (χ4v) is 4.77. The molecule has 0 aliphatic carbocycles. The molecule has 5 nitrogen and oxygen atoms in total. The fraction of sp³-hybridized carbons (Fsp3) is 0.0417. The van der Waals surface area contributed by atoms with Gasteiger partial charge in [-0.3, -0.25) is 14.9 Å². The minimum Gasteiger partial charge on any atom is -0.332 e. The highest BCUT2D eigenvalue weighted by Crippen LogP contribution is 2.35. The minimum atomic E-state index is -0.365. The number of hydrogen-bond donors (Lipinski definition) is 3. The molecule has 0 bridgehead atoms. The molecule has 0 saturated heterocycles. The van der Waals surface area contributed by atoms with E-state index in [9.17, 15) is 9.59 Å². The van der Waals surface area contributed by atoms with E-state index in [2.05, 4.69) is 16.0 Å². The SMILES string of the molecule is Cc1ccccc1C(=O)Nc1ccc(NC(=S)NC(=O)c2sc3ccccc3c2Cl)cc1. The number of rotatable bonds is 4. The molecule has 0 fully saturated rings. The van der Waals surface area contributed by atoms with E-state index in [4.69, 9.17) is 23.8 Å². The third-order valence-corrected chi connectivity index (χ3v) is 6.64. The molecule has 8 heteroatoms. The molecule has 0 unspecified atom stereocenters. The lowest BCUT2D eigenvalue weighted by Crippen LogP contribution is -2.33. The van der Waals surface area contributed by atoms with Crippen molar-refractivity contribution in [3.05, 3.63) is 93.8 Å². The number of hydrogen-bond acceptors (Lipinski definition) is 4. The lowest BCUT2D eigenvalue weighted by molar-refractivity contribution is 0.0980. The molecule has 160 valence electrons. The summed E-state index contributed by atoms with van der Waals surface area (Å²) in [4.78, 5) is 25.5. The molecule has 3 N–H and O–H groups in total. The molecule has 2 amide bonds. The van der Waals surface area contributed by atoms with Crippen LogP contribution in [0.15, 0.2) is 72.8 Å². The maximum Gasteiger partial charge on any atom is 0.269 e. The zero-order chi connectivity index (χ0) is 22.7. The first-order valence-electron chi connectivity index (χ1n) is 9.69. The summed E-state index contributed by atoms with van der Waals surface area (Å²) in [5, 5.41) is 9.90. The maximum atomic E-state index is 12.6. The number of thiophene rings is 1. The zero-order valence-electron chi connectivity index (χ0n) is 16.9. The van der Waals surface area contributed by atoms with Crippen molar-refractivity contribution in [2.45, 2.75) is 6.92 Å². The van der Waals surface area contributed by atoms with E-state index < -0.39 is 0 Å². The first-order chi connectivity index (χ1) is 15.4. The summed E-state index contributed by atoms with van der Waals surface area (Å²) in [7, 11) is 0. The Morgan fingerprint density at radius 3 is 2.16 bits per heavy atom. The standard InChI is InChI=1S/C24H18ClN3O2S2/c1-14-6-2-3-7-17(14)22(29)26-15-10-12-16(13-11-15)27-24(31)28-23(30)21-20(25)18-8-4-5-9-19(18)32-21/h2-13H,1H3,(H,26,29)(H2,27,28,30,31). The largest absolute Gasteiger partial charge is 0.332 e. The first-order valence-corrected chi connectivity index (χ1v) is 11.3. The van der Waals surface area contributed by atoms with E-state index in [0.29, 0.717) is 26.8 Å². The lowest BCUT2D eigenvalue weighted by atomic mass is 10.1. The molecule has 1 aromatic heterocycles. The van der Waals surface area contributed by atoms with Gasteiger partial charge in [0.25, 0.3) is 11.8 Å². The highest BCUT2D eigenvalue weighted by molar-refractivity contribution is 7.80. The van der Waals surface area contributed by atoms with Crippen LogP contribution in [0, 0.1) is 6.92 Å². The number of benzene rings is 3. The highest BCUT2D eigenvalue weighted by Gasteiger charge is 2.18. The number of anilines is 2. The molecule has 0 aliphatic heterocycles. The summed E-state index contributed by atoms with van der Waals surface area (Å²) >= 11 is 12.9. The van der Waals surface area contributed by atoms with Crippen LogP contribution in [0.3, 0.4) is 0 Å². The summed E-state index contributed by atoms with van der Waals surface area (Å²) in [6.45, 7) is 1.89. The van der Waals surface area contributed by atoms with Crippen molar-refractivity contribution >= 4 is 73.5 Å². The molecule has 4 aromatic rings. The summed E-state index contributed by atoms with van der Waals surface area (Å²) in [5.41, 5.74) is 2.85. The van der Waals surface area contributed by atoms with Crippen LogP contribution in [0.4, 0.5) is 11.4 Å². The van der Waals surface area contributed by atoms with Crippen LogP contribution in [0.5, 0.6) is 0 Å². The fourth-order valence-electron chi connectivity index (χ4n) is 3.15. The summed E-state index contributed by atoms with van der Waals surface area (Å²) in [6, 6.07) is 22.0. The van der Waals surface area contributed by atoms with Crippen LogP contribution in [-0.2, 0) is 0 Å². The Hall–Kier alpha value is -3.26. The molecule has 0 spiro atoms. The Balaban J connectivity index is 1.37. The average molecular weight is 480 g/mol. The Bertz CT molecular complexity index is 1330. The molecule has 3 aromatic carbocycles. The second kappa shape index (κ2) is 9.48. The van der Waals surface area contributed by atoms with E-state index in [0.717, 1.165) is 15.6 Å². The Morgan fingerprint density at radius 1 is 0.844 bits per heavy atom. The van der Waals surface area contributed by atoms with Crippen LogP contribution in [0.25, 0.3) is 10.1 Å². The van der Waals surface area contributed by atoms with Crippen molar-refractivity contribution in [1.82, 2.24) is 5.32 Å². The molecule has 0 saturated carbocycles. The van der Waals surface area contributed by atoms with E-state index in [1.165, 1.54) is 11.3 Å². The third-order valence-electron chi connectivity index (χ3n) is 4.76. The quantitative estimate of drug-likeness (QED) is 0.303. The van der Waals surface area contributed by atoms with E-state index in [1.807, 2.05) is 49.4 Å². The van der Waals surface area contributed by atoms with E-state index >= 15 is 0 Å². The van der Waals surface area contributed by atoms with E-state index in [1.54, 1.807) is 30.3 Å². The molecule has 0 aliphatic rings. The number of carbonyl (C=O) groups excluding carboxylic acids is 2. The van der Waals surface area contributed by atoms with Gasteiger partial charge in [-0.05, 0) is 61.1 Å². The smallest absolute Gasteiger partial charge is 0.269 e. The molecule has 4 rings (SSSR count). The number of nitrogens with one attached hydrogen (secondary N) is 3. The number of aryl methyl sites for hydroxylation is 1. The molecular weight excluding hydrogens is 462 g/mol. The molecular formula is C24H18ClN3O2S2. The van der Waals surface area contributed by atoms with Crippen LogP contribution in [0.1, 0.15) is 25.6 Å². The summed E-state index contributed by atoms with van der Waals surface area (Å²) in [5.74, 6) is -0.539. The Labute approximate surface area is 199 Å². The first kappa shape index (κ1) is 22.0. The molecule has 0 radical (unpaired) electrons. The van der Waals surface area contributed by atoms with Crippen molar-refractivity contribution < 1.29 is 9.59 Å². The van der Waals surface area contributed by atoms with Crippen molar-refractivity contribution in [1.29, 1.82) is 0 Å². The van der Waals surface area contributed by atoms with Crippen molar-refractivity contribution in [2.75, 3.05) is 10.6 Å². The second-order valence-electron chi connectivity index (χ2n) is 7.00. The molecule has 32 heavy (non-hydrogen) atoms. The van der Waals surface area contributed by atoms with Crippen LogP contribution in [-0.4, -0.2) is 16.9 Å². The normalized spacial score (nSPS) is 10.6. The molecule has 0 atom stereocenters. The predicted molar refractivity (Wildman–Crippen MR) is 136 cm³/mol. The number of thiocarbonyl (C=S) groups is 1. The van der Waals surface area contributed by atoms with Gasteiger partial charge in [0.1, 0.15) is 4.88 Å². The van der Waals surface area contributed by atoms with Gasteiger partial charge in [-0.25, -0.2) is 0 Å². The number of fused-ring (bicyclic) bond motifs is 1. The maximum absolute atomic E-state index is 12.6. The minimum absolute atomic E-state index is 0.153. The van der Waals surface area contributed by atoms with E-state index in [-0.39, 0.29) is 16.9 Å². The number of carbonyl (C=O) groups is 2. The van der Waals surface area contributed by atoms with Crippen molar-refractivity contribution in [3.63, 3.8) is 0 Å². The van der Waals surface area contributed by atoms with Crippen LogP contribution < -0.4 is 16.0 Å². The van der Waals surface area contributed by atoms with Crippen molar-refractivity contribution in [3.8, 4) is 0 Å². The third kappa shape index (κ3) is 4.80. The summed E-state index contributed by atoms with van der Waals surface area (Å²) in [6.07, 6.45) is 0. The molecule has 1 heterocycles. The van der Waals surface area contributed by atoms with Crippen LogP contribution in [0.2, 0.25) is 5.02 Å². The number of amides is 2. The van der Waals surface area contributed by atoms with Gasteiger partial charge < -0.3 is 10.6 Å². The Morgan fingerprint density at radius 2 is 1.47 bits per heavy atom. The van der Waals surface area contributed by atoms with Gasteiger partial charge in [0.05, 0.1) is 5.02 Å². The zero-order valence-corrected chi connectivity index (χ0v) is 19.3. The van der Waals surface area contributed by atoms with Gasteiger partial charge in [0.15, 0.2) is 5.11 Å². The van der Waals surface area contributed by atoms with Crippen molar-refractivity contribution in [2.24, 2.45) is 0 Å². The average Bonchev–Trinajstić information content (AvgIpc) is 3.12. The highest BCUT2D eigenvalue weighted by atomic mass is 35.5. The summed E-state index contributed by atoms with van der Waals surface area (Å²) < 4.78 is 0.935. The monoisotopic (exact) mass is 479 g/mol. The number of halogens is 1. The van der Waals surface area contributed by atoms with Gasteiger partial charge in [-0.15, -0.1) is 11.3 Å². The second-order valence-corrected chi connectivity index (χ2v) is 8.83. The van der Waals surface area contributed by atoms with Gasteiger partial charge in [0, 0.05) is 27.0 Å². The Kier molecular flexibility index (Phi) is 6.50. The lowest BCUT2D eigenvalue weighted by Gasteiger charge is -2.11. The van der Waals surface area contributed by atoms with Gasteiger partial charge >= 0.3 is 0 Å². The van der Waals surface area contributed by atoms with Gasteiger partial charge in [-0.1, -0.05) is 48.0 Å². The van der Waals surface area contributed by atoms with Gasteiger partial charge in [-0.2, -0.15) is 0 Å².